The third-order valence-electron chi connectivity index (χ3n) is 4.22. The molecule has 0 radical (unpaired) electrons. The second kappa shape index (κ2) is 8.23. The van der Waals surface area contributed by atoms with Crippen molar-refractivity contribution in [2.45, 2.75) is 71.1 Å². The number of halogens is 3. The molecule has 1 aliphatic rings. The summed E-state index contributed by atoms with van der Waals surface area (Å²) in [5.41, 5.74) is 0. The largest absolute Gasteiger partial charge is 0.401 e. The maximum absolute atomic E-state index is 12.6. The minimum absolute atomic E-state index is 0.0555. The quantitative estimate of drug-likeness (QED) is 0.732. The van der Waals surface area contributed by atoms with E-state index in [-0.39, 0.29) is 6.04 Å². The number of nitrogens with zero attached hydrogens (tertiary/aromatic N) is 1. The second-order valence-electron chi connectivity index (χ2n) is 6.22. The van der Waals surface area contributed by atoms with E-state index in [0.717, 1.165) is 25.8 Å². The zero-order valence-corrected chi connectivity index (χ0v) is 13.0. The van der Waals surface area contributed by atoms with Gasteiger partial charge < -0.3 is 5.32 Å². The van der Waals surface area contributed by atoms with Gasteiger partial charge in [-0.1, -0.05) is 13.3 Å². The van der Waals surface area contributed by atoms with Gasteiger partial charge in [-0.2, -0.15) is 13.2 Å². The van der Waals surface area contributed by atoms with Gasteiger partial charge in [0.1, 0.15) is 0 Å². The number of rotatable bonds is 8. The fourth-order valence-electron chi connectivity index (χ4n) is 3.06. The third kappa shape index (κ3) is 6.44. The molecule has 0 bridgehead atoms. The Morgan fingerprint density at radius 2 is 1.95 bits per heavy atom. The van der Waals surface area contributed by atoms with Crippen molar-refractivity contribution in [1.82, 2.24) is 10.2 Å². The average molecular weight is 294 g/mol. The van der Waals surface area contributed by atoms with E-state index in [1.54, 1.807) is 4.90 Å². The summed E-state index contributed by atoms with van der Waals surface area (Å²) < 4.78 is 37.7. The van der Waals surface area contributed by atoms with E-state index in [1.165, 1.54) is 12.8 Å². The Kier molecular flexibility index (Phi) is 7.30. The standard InChI is InChI=1S/C15H29F3N2/c1-4-9-19-14-7-5-6-13(14)8-10-20(12(2)3)11-15(16,17)18/h12-14,19H,4-11H2,1-3H3. The Balaban J connectivity index is 2.41. The lowest BCUT2D eigenvalue weighted by Gasteiger charge is -2.30. The van der Waals surface area contributed by atoms with E-state index in [2.05, 4.69) is 12.2 Å². The Morgan fingerprint density at radius 3 is 2.50 bits per heavy atom. The van der Waals surface area contributed by atoms with Crippen LogP contribution in [0.2, 0.25) is 0 Å². The van der Waals surface area contributed by atoms with E-state index < -0.39 is 12.7 Å². The first-order valence-electron chi connectivity index (χ1n) is 7.87. The fourth-order valence-corrected chi connectivity index (χ4v) is 3.06. The highest BCUT2D eigenvalue weighted by Crippen LogP contribution is 2.29. The van der Waals surface area contributed by atoms with Gasteiger partial charge in [0, 0.05) is 12.1 Å². The van der Waals surface area contributed by atoms with Gasteiger partial charge in [0.2, 0.25) is 0 Å². The van der Waals surface area contributed by atoms with Crippen LogP contribution in [0.3, 0.4) is 0 Å². The smallest absolute Gasteiger partial charge is 0.314 e. The van der Waals surface area contributed by atoms with Crippen LogP contribution in [-0.4, -0.2) is 42.8 Å². The summed E-state index contributed by atoms with van der Waals surface area (Å²) in [6.45, 7) is 6.59. The Bertz CT molecular complexity index is 266. The zero-order chi connectivity index (χ0) is 15.2. The number of nitrogens with one attached hydrogen (secondary N) is 1. The SMILES string of the molecule is CCCNC1CCCC1CCN(CC(F)(F)F)C(C)C. The van der Waals surface area contributed by atoms with Crippen molar-refractivity contribution in [3.63, 3.8) is 0 Å². The first-order valence-corrected chi connectivity index (χ1v) is 7.87. The highest BCUT2D eigenvalue weighted by atomic mass is 19.4. The van der Waals surface area contributed by atoms with Gasteiger partial charge >= 0.3 is 6.18 Å². The molecular formula is C15H29F3N2. The molecule has 0 saturated heterocycles. The lowest BCUT2D eigenvalue weighted by molar-refractivity contribution is -0.150. The Hall–Kier alpha value is -0.290. The van der Waals surface area contributed by atoms with Crippen LogP contribution in [0.5, 0.6) is 0 Å². The van der Waals surface area contributed by atoms with Gasteiger partial charge in [-0.05, 0) is 58.5 Å². The summed E-state index contributed by atoms with van der Waals surface area (Å²) in [4.78, 5) is 1.55. The van der Waals surface area contributed by atoms with Crippen molar-refractivity contribution in [1.29, 1.82) is 0 Å². The van der Waals surface area contributed by atoms with Crippen LogP contribution in [0, 0.1) is 5.92 Å². The highest BCUT2D eigenvalue weighted by Gasteiger charge is 2.33. The Labute approximate surface area is 121 Å². The lowest BCUT2D eigenvalue weighted by Crippen LogP contribution is -2.41. The van der Waals surface area contributed by atoms with Crippen LogP contribution in [0.4, 0.5) is 13.2 Å². The summed E-state index contributed by atoms with van der Waals surface area (Å²) in [7, 11) is 0. The molecule has 2 atom stereocenters. The van der Waals surface area contributed by atoms with E-state index in [9.17, 15) is 13.2 Å². The molecule has 1 saturated carbocycles. The zero-order valence-electron chi connectivity index (χ0n) is 13.0. The van der Waals surface area contributed by atoms with Crippen molar-refractivity contribution in [3.05, 3.63) is 0 Å². The molecule has 5 heteroatoms. The number of hydrogen-bond acceptors (Lipinski definition) is 2. The van der Waals surface area contributed by atoms with Gasteiger partial charge in [-0.3, -0.25) is 4.90 Å². The molecule has 0 aliphatic heterocycles. The normalized spacial score (nSPS) is 24.0. The molecule has 1 aliphatic carbocycles. The summed E-state index contributed by atoms with van der Waals surface area (Å²) in [5.74, 6) is 0.538. The summed E-state index contributed by atoms with van der Waals surface area (Å²) in [6, 6.07) is 0.454. The summed E-state index contributed by atoms with van der Waals surface area (Å²) in [5, 5.41) is 3.54. The average Bonchev–Trinajstić information content (AvgIpc) is 2.77. The monoisotopic (exact) mass is 294 g/mol. The maximum Gasteiger partial charge on any atom is 0.401 e. The molecule has 1 rings (SSSR count). The third-order valence-corrected chi connectivity index (χ3v) is 4.22. The highest BCUT2D eigenvalue weighted by molar-refractivity contribution is 4.84. The first-order chi connectivity index (χ1) is 9.33. The Morgan fingerprint density at radius 1 is 1.25 bits per heavy atom. The van der Waals surface area contributed by atoms with Gasteiger partial charge in [-0.15, -0.1) is 0 Å². The molecular weight excluding hydrogens is 265 g/mol. The number of alkyl halides is 3. The van der Waals surface area contributed by atoms with E-state index in [0.29, 0.717) is 18.5 Å². The molecule has 1 N–H and O–H groups in total. The predicted molar refractivity (Wildman–Crippen MR) is 76.8 cm³/mol. The van der Waals surface area contributed by atoms with Crippen LogP contribution in [-0.2, 0) is 0 Å². The van der Waals surface area contributed by atoms with Crippen molar-refractivity contribution in [2.24, 2.45) is 5.92 Å². The van der Waals surface area contributed by atoms with E-state index in [1.807, 2.05) is 13.8 Å². The molecule has 2 nitrogen and oxygen atoms in total. The van der Waals surface area contributed by atoms with Crippen molar-refractivity contribution >= 4 is 0 Å². The second-order valence-corrected chi connectivity index (χ2v) is 6.22. The van der Waals surface area contributed by atoms with Crippen LogP contribution in [0.1, 0.15) is 52.9 Å². The van der Waals surface area contributed by atoms with Crippen LogP contribution >= 0.6 is 0 Å². The molecule has 0 aromatic heterocycles. The minimum Gasteiger partial charge on any atom is -0.314 e. The molecule has 0 spiro atoms. The molecule has 0 aromatic carbocycles. The van der Waals surface area contributed by atoms with Crippen molar-refractivity contribution < 1.29 is 13.2 Å². The molecule has 1 fully saturated rings. The maximum atomic E-state index is 12.6. The molecule has 0 amide bonds. The fraction of sp³-hybridized carbons (Fsp3) is 1.00. The molecule has 2 unspecified atom stereocenters. The van der Waals surface area contributed by atoms with Crippen molar-refractivity contribution in [3.8, 4) is 0 Å². The predicted octanol–water partition coefficient (Wildman–Crippen LogP) is 3.82. The first kappa shape index (κ1) is 17.8. The van der Waals surface area contributed by atoms with Gasteiger partial charge in [0.25, 0.3) is 0 Å². The summed E-state index contributed by atoms with van der Waals surface area (Å²) >= 11 is 0. The molecule has 0 heterocycles. The minimum atomic E-state index is -4.10. The van der Waals surface area contributed by atoms with Gasteiger partial charge in [0.05, 0.1) is 6.54 Å². The summed E-state index contributed by atoms with van der Waals surface area (Å²) in [6.07, 6.45) is 1.41. The lowest BCUT2D eigenvalue weighted by atomic mass is 9.98. The molecule has 0 aromatic rings. The van der Waals surface area contributed by atoms with Crippen LogP contribution < -0.4 is 5.32 Å². The number of hydrogen-bond donors (Lipinski definition) is 1. The van der Waals surface area contributed by atoms with E-state index in [4.69, 9.17) is 0 Å². The van der Waals surface area contributed by atoms with Gasteiger partial charge in [-0.25, -0.2) is 0 Å². The van der Waals surface area contributed by atoms with Crippen LogP contribution in [0.25, 0.3) is 0 Å². The van der Waals surface area contributed by atoms with Crippen molar-refractivity contribution in [2.75, 3.05) is 19.6 Å². The van der Waals surface area contributed by atoms with E-state index >= 15 is 0 Å². The van der Waals surface area contributed by atoms with Crippen LogP contribution in [0.15, 0.2) is 0 Å². The molecule has 120 valence electrons. The molecule has 20 heavy (non-hydrogen) atoms. The van der Waals surface area contributed by atoms with Gasteiger partial charge in [0.15, 0.2) is 0 Å². The topological polar surface area (TPSA) is 15.3 Å².